The minimum Gasteiger partial charge on any atom is -0.353 e. The molecule has 2 atom stereocenters. The third-order valence-electron chi connectivity index (χ3n) is 3.62. The fourth-order valence-corrected chi connectivity index (χ4v) is 2.57. The lowest BCUT2D eigenvalue weighted by atomic mass is 10.1. The van der Waals surface area contributed by atoms with Crippen LogP contribution < -0.4 is 0 Å². The van der Waals surface area contributed by atoms with Gasteiger partial charge in [0.05, 0.1) is 6.10 Å². The van der Waals surface area contributed by atoms with Crippen LogP contribution in [0.5, 0.6) is 0 Å². The minimum absolute atomic E-state index is 0.0143. The van der Waals surface area contributed by atoms with E-state index >= 15 is 0 Å². The molecule has 1 aliphatic carbocycles. The molecule has 1 aliphatic heterocycles. The molecule has 0 aromatic carbocycles. The van der Waals surface area contributed by atoms with Crippen molar-refractivity contribution < 1.29 is 9.47 Å². The van der Waals surface area contributed by atoms with Crippen LogP contribution in [0.3, 0.4) is 0 Å². The van der Waals surface area contributed by atoms with Gasteiger partial charge in [-0.05, 0) is 49.3 Å². The molecule has 0 saturated carbocycles. The second-order valence-corrected chi connectivity index (χ2v) is 4.88. The molecule has 1 fully saturated rings. The molecule has 0 bridgehead atoms. The largest absolute Gasteiger partial charge is 0.353 e. The Balaban J connectivity index is 1.97. The Morgan fingerprint density at radius 3 is 2.94 bits per heavy atom. The van der Waals surface area contributed by atoms with Crippen molar-refractivity contribution in [2.45, 2.75) is 51.4 Å². The van der Waals surface area contributed by atoms with E-state index in [1.165, 1.54) is 23.1 Å². The molecule has 1 saturated heterocycles. The van der Waals surface area contributed by atoms with Crippen LogP contribution in [0.4, 0.5) is 0 Å². The zero-order valence-corrected chi connectivity index (χ0v) is 10.7. The fraction of sp³-hybridized carbons (Fsp3) is 0.600. The van der Waals surface area contributed by atoms with Gasteiger partial charge < -0.3 is 9.47 Å². The van der Waals surface area contributed by atoms with Crippen LogP contribution in [0, 0.1) is 0 Å². The highest BCUT2D eigenvalue weighted by Gasteiger charge is 2.28. The summed E-state index contributed by atoms with van der Waals surface area (Å²) in [4.78, 5) is 0. The van der Waals surface area contributed by atoms with E-state index in [2.05, 4.69) is 20.1 Å². The Hall–Kier alpha value is -0.860. The van der Waals surface area contributed by atoms with Crippen molar-refractivity contribution >= 4 is 0 Å². The van der Waals surface area contributed by atoms with Crippen LogP contribution in [0.2, 0.25) is 0 Å². The van der Waals surface area contributed by atoms with Crippen LogP contribution in [0.15, 0.2) is 36.0 Å². The van der Waals surface area contributed by atoms with E-state index in [-0.39, 0.29) is 12.4 Å². The highest BCUT2D eigenvalue weighted by molar-refractivity contribution is 5.42. The van der Waals surface area contributed by atoms with Crippen LogP contribution in [0.25, 0.3) is 0 Å². The molecular formula is C15H22O2. The summed E-state index contributed by atoms with van der Waals surface area (Å²) in [5.74, 6) is 0. The molecule has 0 aromatic rings. The minimum atomic E-state index is -0.0143. The van der Waals surface area contributed by atoms with Gasteiger partial charge in [0.2, 0.25) is 0 Å². The van der Waals surface area contributed by atoms with Gasteiger partial charge in [0.25, 0.3) is 0 Å². The molecule has 2 heteroatoms. The molecule has 17 heavy (non-hydrogen) atoms. The summed E-state index contributed by atoms with van der Waals surface area (Å²) in [6.45, 7) is 10.9. The molecule has 2 rings (SSSR count). The molecule has 94 valence electrons. The Bertz CT molecular complexity index is 335. The van der Waals surface area contributed by atoms with Crippen LogP contribution in [0.1, 0.15) is 39.0 Å². The predicted octanol–water partition coefficient (Wildman–Crippen LogP) is 3.75. The summed E-state index contributed by atoms with van der Waals surface area (Å²) < 4.78 is 11.7. The summed E-state index contributed by atoms with van der Waals surface area (Å²) in [5.41, 5.74) is 3.83. The van der Waals surface area contributed by atoms with E-state index in [9.17, 15) is 0 Å². The smallest absolute Gasteiger partial charge is 0.158 e. The lowest BCUT2D eigenvalue weighted by molar-refractivity contribution is -0.179. The van der Waals surface area contributed by atoms with E-state index < -0.39 is 0 Å². The van der Waals surface area contributed by atoms with Crippen molar-refractivity contribution in [2.75, 3.05) is 6.61 Å². The highest BCUT2D eigenvalue weighted by Crippen LogP contribution is 2.35. The van der Waals surface area contributed by atoms with Gasteiger partial charge in [-0.2, -0.15) is 0 Å². The third-order valence-corrected chi connectivity index (χ3v) is 3.62. The van der Waals surface area contributed by atoms with Crippen LogP contribution in [-0.4, -0.2) is 19.0 Å². The number of allylic oxidation sites excluding steroid dienone is 2. The second-order valence-electron chi connectivity index (χ2n) is 4.88. The molecule has 2 unspecified atom stereocenters. The van der Waals surface area contributed by atoms with Crippen LogP contribution >= 0.6 is 0 Å². The van der Waals surface area contributed by atoms with Gasteiger partial charge in [-0.1, -0.05) is 12.7 Å². The monoisotopic (exact) mass is 234 g/mol. The number of ether oxygens (including phenoxy) is 2. The number of rotatable bonds is 4. The van der Waals surface area contributed by atoms with E-state index in [0.717, 1.165) is 32.3 Å². The van der Waals surface area contributed by atoms with Crippen molar-refractivity contribution in [3.63, 3.8) is 0 Å². The SMILES string of the molecule is C=CCC1=C(C)C(OC2CCCCO2)CC1=C. The van der Waals surface area contributed by atoms with Crippen molar-refractivity contribution in [3.8, 4) is 0 Å². The number of hydrogen-bond donors (Lipinski definition) is 0. The van der Waals surface area contributed by atoms with Gasteiger partial charge in [-0.25, -0.2) is 0 Å². The maximum atomic E-state index is 6.04. The molecular weight excluding hydrogens is 212 g/mol. The zero-order chi connectivity index (χ0) is 12.3. The highest BCUT2D eigenvalue weighted by atomic mass is 16.7. The summed E-state index contributed by atoms with van der Waals surface area (Å²) in [7, 11) is 0. The molecule has 0 amide bonds. The average molecular weight is 234 g/mol. The lowest BCUT2D eigenvalue weighted by Gasteiger charge is -2.26. The Kier molecular flexibility index (Phi) is 4.19. The van der Waals surface area contributed by atoms with Crippen molar-refractivity contribution in [1.29, 1.82) is 0 Å². The van der Waals surface area contributed by atoms with Crippen molar-refractivity contribution in [1.82, 2.24) is 0 Å². The molecule has 1 heterocycles. The lowest BCUT2D eigenvalue weighted by Crippen LogP contribution is -2.27. The summed E-state index contributed by atoms with van der Waals surface area (Å²) in [6, 6.07) is 0. The van der Waals surface area contributed by atoms with E-state index in [1.54, 1.807) is 0 Å². The molecule has 0 spiro atoms. The van der Waals surface area contributed by atoms with Crippen LogP contribution in [-0.2, 0) is 9.47 Å². The van der Waals surface area contributed by atoms with Crippen molar-refractivity contribution in [3.05, 3.63) is 36.0 Å². The summed E-state index contributed by atoms with van der Waals surface area (Å²) >= 11 is 0. The van der Waals surface area contributed by atoms with Gasteiger partial charge in [0.15, 0.2) is 6.29 Å². The Labute approximate surface area is 104 Å². The first kappa shape index (κ1) is 12.6. The standard InChI is InChI=1S/C15H22O2/c1-4-7-13-11(2)10-14(12(13)3)17-15-8-5-6-9-16-15/h4,14-15H,1-2,5-10H2,3H3. The molecule has 2 aliphatic rings. The first-order valence-corrected chi connectivity index (χ1v) is 6.48. The van der Waals surface area contributed by atoms with Crippen molar-refractivity contribution in [2.24, 2.45) is 0 Å². The van der Waals surface area contributed by atoms with Gasteiger partial charge in [-0.3, -0.25) is 0 Å². The molecule has 2 nitrogen and oxygen atoms in total. The summed E-state index contributed by atoms with van der Waals surface area (Å²) in [6.07, 6.45) is 7.29. The van der Waals surface area contributed by atoms with Gasteiger partial charge in [0.1, 0.15) is 0 Å². The average Bonchev–Trinajstić information content (AvgIpc) is 2.59. The molecule has 0 radical (unpaired) electrons. The Morgan fingerprint density at radius 2 is 2.29 bits per heavy atom. The topological polar surface area (TPSA) is 18.5 Å². The van der Waals surface area contributed by atoms with E-state index in [1.807, 2.05) is 6.08 Å². The van der Waals surface area contributed by atoms with Gasteiger partial charge in [-0.15, -0.1) is 6.58 Å². The number of hydrogen-bond acceptors (Lipinski definition) is 2. The Morgan fingerprint density at radius 1 is 1.47 bits per heavy atom. The maximum Gasteiger partial charge on any atom is 0.158 e. The molecule has 0 N–H and O–H groups in total. The maximum absolute atomic E-state index is 6.04. The van der Waals surface area contributed by atoms with Gasteiger partial charge >= 0.3 is 0 Å². The zero-order valence-electron chi connectivity index (χ0n) is 10.7. The van der Waals surface area contributed by atoms with E-state index in [4.69, 9.17) is 9.47 Å². The second kappa shape index (κ2) is 5.65. The molecule has 0 aromatic heterocycles. The summed E-state index contributed by atoms with van der Waals surface area (Å²) in [5, 5.41) is 0. The quantitative estimate of drug-likeness (QED) is 0.690. The first-order chi connectivity index (χ1) is 8.22. The fourth-order valence-electron chi connectivity index (χ4n) is 2.57. The normalized spacial score (nSPS) is 29.8. The predicted molar refractivity (Wildman–Crippen MR) is 69.7 cm³/mol. The van der Waals surface area contributed by atoms with E-state index in [0.29, 0.717) is 0 Å². The first-order valence-electron chi connectivity index (χ1n) is 6.48. The third kappa shape index (κ3) is 2.88. The van der Waals surface area contributed by atoms with Gasteiger partial charge in [0, 0.05) is 13.0 Å².